The number of hydrogen-bond donors (Lipinski definition) is 1. The van der Waals surface area contributed by atoms with Crippen molar-refractivity contribution in [2.45, 2.75) is 18.9 Å². The normalized spacial score (nSPS) is 18.5. The summed E-state index contributed by atoms with van der Waals surface area (Å²) in [7, 11) is 1.95. The van der Waals surface area contributed by atoms with Crippen LogP contribution >= 0.6 is 11.6 Å². The first-order valence-corrected chi connectivity index (χ1v) is 5.82. The number of anilines is 1. The third kappa shape index (κ3) is 2.64. The number of halogens is 1. The molecule has 1 N–H and O–H groups in total. The molecule has 1 aromatic carbocycles. The fraction of sp³-hybridized carbons (Fsp3) is 0.417. The van der Waals surface area contributed by atoms with Gasteiger partial charge in [-0.05, 0) is 18.6 Å². The summed E-state index contributed by atoms with van der Waals surface area (Å²) in [5.74, 6) is -0.0214. The minimum absolute atomic E-state index is 0.0970. The largest absolute Gasteiger partial charge is 0.489 e. The summed E-state index contributed by atoms with van der Waals surface area (Å²) in [6.07, 6.45) is 0.731. The fourth-order valence-corrected chi connectivity index (χ4v) is 2.12. The molecular weight excluding hydrogens is 242 g/mol. The first-order chi connectivity index (χ1) is 8.08. The molecule has 2 rings (SSSR count). The number of rotatable bonds is 3. The minimum atomic E-state index is -0.777. The van der Waals surface area contributed by atoms with Crippen molar-refractivity contribution < 1.29 is 14.6 Å². The predicted molar refractivity (Wildman–Crippen MR) is 66.0 cm³/mol. The van der Waals surface area contributed by atoms with E-state index >= 15 is 0 Å². The Kier molecular flexibility index (Phi) is 3.43. The first kappa shape index (κ1) is 12.0. The Labute approximate surface area is 105 Å². The van der Waals surface area contributed by atoms with E-state index in [1.165, 1.54) is 0 Å². The molecule has 0 aliphatic carbocycles. The zero-order valence-corrected chi connectivity index (χ0v) is 10.3. The quantitative estimate of drug-likeness (QED) is 0.901. The van der Waals surface area contributed by atoms with Crippen molar-refractivity contribution in [2.24, 2.45) is 0 Å². The van der Waals surface area contributed by atoms with Gasteiger partial charge in [-0.25, -0.2) is 0 Å². The van der Waals surface area contributed by atoms with Crippen molar-refractivity contribution in [3.8, 4) is 5.75 Å². The Balaban J connectivity index is 2.12. The third-order valence-electron chi connectivity index (χ3n) is 2.97. The van der Waals surface area contributed by atoms with Gasteiger partial charge in [0.25, 0.3) is 0 Å². The lowest BCUT2D eigenvalue weighted by atomic mass is 10.1. The molecule has 4 nitrogen and oxygen atoms in total. The lowest BCUT2D eigenvalue weighted by Gasteiger charge is -2.35. The second kappa shape index (κ2) is 4.84. The number of likely N-dealkylation sites (N-methyl/N-ethyl adjacent to an activating group) is 1. The Morgan fingerprint density at radius 2 is 2.41 bits per heavy atom. The van der Waals surface area contributed by atoms with E-state index in [0.29, 0.717) is 18.1 Å². The minimum Gasteiger partial charge on any atom is -0.489 e. The number of carboxylic acids is 1. The number of ether oxygens (including phenoxy) is 1. The SMILES string of the molecule is CN1c2ccc(Cl)cc2OCC1CCC(=O)O. The molecule has 92 valence electrons. The molecule has 0 amide bonds. The van der Waals surface area contributed by atoms with Crippen molar-refractivity contribution in [3.05, 3.63) is 23.2 Å². The topological polar surface area (TPSA) is 49.8 Å². The van der Waals surface area contributed by atoms with E-state index in [0.717, 1.165) is 11.4 Å². The monoisotopic (exact) mass is 255 g/mol. The molecule has 0 spiro atoms. The van der Waals surface area contributed by atoms with Gasteiger partial charge in [-0.15, -0.1) is 0 Å². The van der Waals surface area contributed by atoms with E-state index in [2.05, 4.69) is 4.90 Å². The summed E-state index contributed by atoms with van der Waals surface area (Å²) in [6, 6.07) is 5.57. The first-order valence-electron chi connectivity index (χ1n) is 5.45. The summed E-state index contributed by atoms with van der Waals surface area (Å²) in [5.41, 5.74) is 0.955. The second-order valence-electron chi connectivity index (χ2n) is 4.12. The number of hydrogen-bond acceptors (Lipinski definition) is 3. The standard InChI is InChI=1S/C12H14ClNO3/c1-14-9(3-5-12(15)16)7-17-11-6-8(13)2-4-10(11)14/h2,4,6,9H,3,5,7H2,1H3,(H,15,16). The van der Waals surface area contributed by atoms with Crippen LogP contribution in [0.1, 0.15) is 12.8 Å². The molecule has 0 saturated carbocycles. The molecule has 1 aromatic rings. The van der Waals surface area contributed by atoms with Crippen molar-refractivity contribution >= 4 is 23.3 Å². The van der Waals surface area contributed by atoms with Crippen LogP contribution in [0.3, 0.4) is 0 Å². The number of aliphatic carboxylic acids is 1. The van der Waals surface area contributed by atoms with Crippen molar-refractivity contribution in [1.29, 1.82) is 0 Å². The average Bonchev–Trinajstić information content (AvgIpc) is 2.27. The lowest BCUT2D eigenvalue weighted by molar-refractivity contribution is -0.137. The van der Waals surface area contributed by atoms with Crippen LogP contribution in [0.5, 0.6) is 5.75 Å². The van der Waals surface area contributed by atoms with Gasteiger partial charge in [0, 0.05) is 24.6 Å². The average molecular weight is 256 g/mol. The van der Waals surface area contributed by atoms with E-state index in [1.807, 2.05) is 13.1 Å². The Hall–Kier alpha value is -1.42. The molecule has 0 aromatic heterocycles. The Morgan fingerprint density at radius 3 is 3.12 bits per heavy atom. The van der Waals surface area contributed by atoms with Crippen molar-refractivity contribution in [1.82, 2.24) is 0 Å². The van der Waals surface area contributed by atoms with Gasteiger partial charge >= 0.3 is 5.97 Å². The molecule has 17 heavy (non-hydrogen) atoms. The molecule has 1 aliphatic heterocycles. The maximum Gasteiger partial charge on any atom is 0.303 e. The highest BCUT2D eigenvalue weighted by Gasteiger charge is 2.25. The van der Waals surface area contributed by atoms with Gasteiger partial charge in [0.05, 0.1) is 11.7 Å². The number of carboxylic acid groups (broad SMARTS) is 1. The summed E-state index contributed by atoms with van der Waals surface area (Å²) in [5, 5.41) is 9.33. The highest BCUT2D eigenvalue weighted by Crippen LogP contribution is 2.35. The molecular formula is C12H14ClNO3. The second-order valence-corrected chi connectivity index (χ2v) is 4.56. The van der Waals surface area contributed by atoms with Crippen molar-refractivity contribution in [3.63, 3.8) is 0 Å². The van der Waals surface area contributed by atoms with Gasteiger partial charge in [-0.1, -0.05) is 11.6 Å². The van der Waals surface area contributed by atoms with Gasteiger partial charge < -0.3 is 14.7 Å². The van der Waals surface area contributed by atoms with Gasteiger partial charge in [-0.2, -0.15) is 0 Å². The number of fused-ring (bicyclic) bond motifs is 1. The Morgan fingerprint density at radius 1 is 1.65 bits per heavy atom. The molecule has 1 atom stereocenters. The zero-order chi connectivity index (χ0) is 12.4. The summed E-state index contributed by atoms with van der Waals surface area (Å²) in [4.78, 5) is 12.6. The van der Waals surface area contributed by atoms with Crippen LogP contribution in [0.4, 0.5) is 5.69 Å². The molecule has 5 heteroatoms. The lowest BCUT2D eigenvalue weighted by Crippen LogP contribution is -2.40. The number of carbonyl (C=O) groups is 1. The molecule has 0 fully saturated rings. The number of nitrogens with zero attached hydrogens (tertiary/aromatic N) is 1. The van der Waals surface area contributed by atoms with Gasteiger partial charge in [0.2, 0.25) is 0 Å². The van der Waals surface area contributed by atoms with E-state index in [4.69, 9.17) is 21.4 Å². The van der Waals surface area contributed by atoms with Crippen molar-refractivity contribution in [2.75, 3.05) is 18.6 Å². The van der Waals surface area contributed by atoms with E-state index < -0.39 is 5.97 Å². The van der Waals surface area contributed by atoms with Gasteiger partial charge in [-0.3, -0.25) is 4.79 Å². The highest BCUT2D eigenvalue weighted by atomic mass is 35.5. The van der Waals surface area contributed by atoms with Crippen LogP contribution in [-0.2, 0) is 4.79 Å². The number of benzene rings is 1. The summed E-state index contributed by atoms with van der Waals surface area (Å²) in [6.45, 7) is 0.497. The molecule has 0 saturated heterocycles. The predicted octanol–water partition coefficient (Wildman–Crippen LogP) is 2.40. The zero-order valence-electron chi connectivity index (χ0n) is 9.52. The maximum atomic E-state index is 10.6. The van der Waals surface area contributed by atoms with Gasteiger partial charge in [0.15, 0.2) is 0 Å². The van der Waals surface area contributed by atoms with Crippen LogP contribution in [0.15, 0.2) is 18.2 Å². The third-order valence-corrected chi connectivity index (χ3v) is 3.21. The van der Waals surface area contributed by atoms with E-state index in [9.17, 15) is 4.79 Å². The maximum absolute atomic E-state index is 10.6. The van der Waals surface area contributed by atoms with E-state index in [-0.39, 0.29) is 12.5 Å². The highest BCUT2D eigenvalue weighted by molar-refractivity contribution is 6.30. The fourth-order valence-electron chi connectivity index (χ4n) is 1.96. The molecule has 1 unspecified atom stereocenters. The summed E-state index contributed by atoms with van der Waals surface area (Å²) >= 11 is 5.89. The molecule has 0 bridgehead atoms. The van der Waals surface area contributed by atoms with Crippen LogP contribution in [-0.4, -0.2) is 30.8 Å². The van der Waals surface area contributed by atoms with E-state index in [1.54, 1.807) is 12.1 Å². The van der Waals surface area contributed by atoms with Crippen LogP contribution < -0.4 is 9.64 Å². The summed E-state index contributed by atoms with van der Waals surface area (Å²) < 4.78 is 5.60. The molecule has 1 aliphatic rings. The van der Waals surface area contributed by atoms with Crippen LogP contribution in [0, 0.1) is 0 Å². The van der Waals surface area contributed by atoms with Crippen LogP contribution in [0.25, 0.3) is 0 Å². The molecule has 1 heterocycles. The van der Waals surface area contributed by atoms with Gasteiger partial charge in [0.1, 0.15) is 12.4 Å². The Bertz CT molecular complexity index is 436. The van der Waals surface area contributed by atoms with Crippen LogP contribution in [0.2, 0.25) is 5.02 Å². The smallest absolute Gasteiger partial charge is 0.303 e. The molecule has 0 radical (unpaired) electrons.